The highest BCUT2D eigenvalue weighted by Gasteiger charge is 2.52. The highest BCUT2D eigenvalue weighted by molar-refractivity contribution is 9.10. The van der Waals surface area contributed by atoms with E-state index in [0.717, 1.165) is 32.2 Å². The Bertz CT molecular complexity index is 1800. The van der Waals surface area contributed by atoms with Gasteiger partial charge < -0.3 is 19.2 Å². The smallest absolute Gasteiger partial charge is 0.469 e. The number of Topliss-reactive ketones (excluding diaryl/α,β-unsaturated/α-hetero) is 1. The summed E-state index contributed by atoms with van der Waals surface area (Å²) >= 11 is 3.35. The Kier molecular flexibility index (Phi) is 13.8. The fraction of sp³-hybridized carbons (Fsp3) is 0.263. The van der Waals surface area contributed by atoms with Crippen molar-refractivity contribution in [3.63, 3.8) is 0 Å². The summed E-state index contributed by atoms with van der Waals surface area (Å²) in [6.07, 6.45) is 0.490. The Morgan fingerprint density at radius 1 is 0.854 bits per heavy atom. The van der Waals surface area contributed by atoms with Crippen molar-refractivity contribution in [2.24, 2.45) is 0 Å². The first-order valence-electron chi connectivity index (χ1n) is 15.2. The lowest BCUT2D eigenvalue weighted by Crippen LogP contribution is -2.41. The topological polar surface area (TPSA) is 110 Å². The molecular formula is C38H38BBrN2O6. The van der Waals surface area contributed by atoms with Gasteiger partial charge in [0, 0.05) is 10.9 Å². The number of esters is 1. The van der Waals surface area contributed by atoms with Crippen LogP contribution >= 0.6 is 15.9 Å². The van der Waals surface area contributed by atoms with Crippen molar-refractivity contribution in [2.75, 3.05) is 13.7 Å². The van der Waals surface area contributed by atoms with E-state index in [2.05, 4.69) is 31.6 Å². The van der Waals surface area contributed by atoms with E-state index in [4.69, 9.17) is 26.2 Å². The molecule has 1 N–H and O–H groups in total. The molecule has 1 saturated heterocycles. The maximum atomic E-state index is 11.4. The monoisotopic (exact) mass is 708 g/mol. The van der Waals surface area contributed by atoms with E-state index in [1.165, 1.54) is 7.11 Å². The number of aliphatic hydroxyl groups excluding tert-OH is 1. The van der Waals surface area contributed by atoms with Gasteiger partial charge in [0.25, 0.3) is 0 Å². The van der Waals surface area contributed by atoms with Gasteiger partial charge in [-0.2, -0.15) is 5.26 Å². The first-order valence-corrected chi connectivity index (χ1v) is 16.0. The van der Waals surface area contributed by atoms with Gasteiger partial charge in [-0.05, 0) is 67.5 Å². The van der Waals surface area contributed by atoms with Crippen LogP contribution in [0.25, 0.3) is 16.0 Å². The Morgan fingerprint density at radius 3 is 1.98 bits per heavy atom. The van der Waals surface area contributed by atoms with Gasteiger partial charge >= 0.3 is 13.1 Å². The van der Waals surface area contributed by atoms with Gasteiger partial charge in [-0.25, -0.2) is 4.85 Å². The number of nitriles is 1. The number of rotatable bonds is 7. The summed E-state index contributed by atoms with van der Waals surface area (Å²) in [5.41, 5.74) is 4.68. The molecule has 0 aliphatic carbocycles. The number of ketones is 1. The van der Waals surface area contributed by atoms with Gasteiger partial charge in [-0.15, -0.1) is 0 Å². The van der Waals surface area contributed by atoms with E-state index in [-0.39, 0.29) is 29.4 Å². The van der Waals surface area contributed by atoms with Crippen molar-refractivity contribution < 1.29 is 28.7 Å². The SMILES string of the molecule is COC(=O)Cc1ccccc1Br.N#Cc1ccccc1-c1ccccc1CC(=O)CO.[C-]#[N+]c1ccccc1B1OC(C)(C)C(C)(C)O1. The molecule has 0 saturated carbocycles. The summed E-state index contributed by atoms with van der Waals surface area (Å²) in [5.74, 6) is -0.455. The average molecular weight is 709 g/mol. The van der Waals surface area contributed by atoms with E-state index in [0.29, 0.717) is 17.7 Å². The lowest BCUT2D eigenvalue weighted by Gasteiger charge is -2.32. The number of carbonyl (C=O) groups is 2. The van der Waals surface area contributed by atoms with Crippen molar-refractivity contribution in [1.29, 1.82) is 5.26 Å². The van der Waals surface area contributed by atoms with Crippen LogP contribution in [0.2, 0.25) is 0 Å². The van der Waals surface area contributed by atoms with E-state index in [1.807, 2.05) is 113 Å². The molecule has 0 aromatic heterocycles. The summed E-state index contributed by atoms with van der Waals surface area (Å²) in [7, 11) is 0.935. The lowest BCUT2D eigenvalue weighted by atomic mass is 9.78. The molecular weight excluding hydrogens is 671 g/mol. The van der Waals surface area contributed by atoms with Crippen LogP contribution in [0.3, 0.4) is 0 Å². The summed E-state index contributed by atoms with van der Waals surface area (Å²) < 4.78 is 17.3. The number of carbonyl (C=O) groups excluding carboxylic acids is 2. The second kappa shape index (κ2) is 17.5. The number of halogens is 1. The number of para-hydroxylation sites is 1. The highest BCUT2D eigenvalue weighted by Crippen LogP contribution is 2.37. The van der Waals surface area contributed by atoms with Crippen LogP contribution in [-0.4, -0.2) is 48.9 Å². The zero-order valence-corrected chi connectivity index (χ0v) is 29.3. The summed E-state index contributed by atoms with van der Waals surface area (Å²) in [6.45, 7) is 14.7. The third-order valence-electron chi connectivity index (χ3n) is 8.00. The van der Waals surface area contributed by atoms with Crippen LogP contribution < -0.4 is 5.46 Å². The largest absolute Gasteiger partial charge is 0.483 e. The normalized spacial score (nSPS) is 13.8. The molecule has 10 heteroatoms. The van der Waals surface area contributed by atoms with E-state index >= 15 is 0 Å². The number of ether oxygens (including phenoxy) is 1. The molecule has 0 bridgehead atoms. The molecule has 0 amide bonds. The number of hydrogen-bond donors (Lipinski definition) is 1. The standard InChI is InChI=1S/C16H13NO2.C13H16BNO2.C9H9BrO2/c17-10-13-6-2-4-8-16(13)15-7-3-1-5-12(15)9-14(19)11-18;1-12(2)13(3,4)17-14(16-12)10-8-6-7-9-11(10)15-5;1-12-9(11)6-7-4-2-3-5-8(7)10/h1-8,18H,9,11H2;6-9H,1-4H3;2-5H,6H2,1H3. The fourth-order valence-electron chi connectivity index (χ4n) is 4.65. The molecule has 1 aliphatic heterocycles. The predicted octanol–water partition coefficient (Wildman–Crippen LogP) is 7.03. The van der Waals surface area contributed by atoms with Gasteiger partial charge in [-0.1, -0.05) is 101 Å². The maximum absolute atomic E-state index is 11.4. The molecule has 48 heavy (non-hydrogen) atoms. The van der Waals surface area contributed by atoms with E-state index in [9.17, 15) is 9.59 Å². The fourth-order valence-corrected chi connectivity index (χ4v) is 5.07. The van der Waals surface area contributed by atoms with Crippen LogP contribution in [0, 0.1) is 17.9 Å². The predicted molar refractivity (Wildman–Crippen MR) is 191 cm³/mol. The van der Waals surface area contributed by atoms with Crippen molar-refractivity contribution in [3.8, 4) is 17.2 Å². The van der Waals surface area contributed by atoms with Crippen LogP contribution in [0.1, 0.15) is 44.4 Å². The number of aliphatic hydroxyl groups is 1. The molecule has 0 atom stereocenters. The van der Waals surface area contributed by atoms with Crippen LogP contribution in [0.5, 0.6) is 0 Å². The molecule has 1 aliphatic rings. The van der Waals surface area contributed by atoms with Crippen molar-refractivity contribution in [1.82, 2.24) is 0 Å². The minimum atomic E-state index is -0.464. The highest BCUT2D eigenvalue weighted by atomic mass is 79.9. The molecule has 5 rings (SSSR count). The van der Waals surface area contributed by atoms with Crippen LogP contribution in [0.4, 0.5) is 5.69 Å². The lowest BCUT2D eigenvalue weighted by molar-refractivity contribution is -0.139. The molecule has 0 radical (unpaired) electrons. The minimum absolute atomic E-state index is 0.173. The van der Waals surface area contributed by atoms with Crippen molar-refractivity contribution >= 4 is 46.0 Å². The third-order valence-corrected chi connectivity index (χ3v) is 8.78. The van der Waals surface area contributed by atoms with E-state index < -0.39 is 13.7 Å². The Balaban J connectivity index is 0.000000200. The average Bonchev–Trinajstić information content (AvgIpc) is 3.32. The second-order valence-electron chi connectivity index (χ2n) is 11.8. The molecule has 0 spiro atoms. The molecule has 1 heterocycles. The Morgan fingerprint density at radius 2 is 1.40 bits per heavy atom. The molecule has 4 aromatic rings. The molecule has 8 nitrogen and oxygen atoms in total. The Labute approximate surface area is 291 Å². The molecule has 246 valence electrons. The van der Waals surface area contributed by atoms with Crippen LogP contribution in [-0.2, 0) is 36.5 Å². The van der Waals surface area contributed by atoms with Crippen molar-refractivity contribution in [3.05, 3.63) is 130 Å². The van der Waals surface area contributed by atoms with E-state index in [1.54, 1.807) is 12.1 Å². The summed E-state index contributed by atoms with van der Waals surface area (Å²) in [4.78, 5) is 25.8. The first kappa shape index (κ1) is 37.9. The first-order chi connectivity index (χ1) is 22.9. The summed E-state index contributed by atoms with van der Waals surface area (Å²) in [6, 6.07) is 31.9. The maximum Gasteiger partial charge on any atom is 0.483 e. The van der Waals surface area contributed by atoms with Gasteiger partial charge in [0.15, 0.2) is 11.5 Å². The van der Waals surface area contributed by atoms with Crippen molar-refractivity contribution in [2.45, 2.75) is 51.7 Å². The molecule has 4 aromatic carbocycles. The van der Waals surface area contributed by atoms with Gasteiger partial charge in [-0.3, -0.25) is 9.59 Å². The van der Waals surface area contributed by atoms with Gasteiger partial charge in [0.2, 0.25) is 0 Å². The number of benzene rings is 4. The van der Waals surface area contributed by atoms with Crippen LogP contribution in [0.15, 0.2) is 102 Å². The number of nitrogens with zero attached hydrogens (tertiary/aromatic N) is 2. The number of hydrogen-bond acceptors (Lipinski definition) is 7. The van der Waals surface area contributed by atoms with Gasteiger partial charge in [0.1, 0.15) is 6.61 Å². The minimum Gasteiger partial charge on any atom is -0.469 e. The zero-order chi connectivity index (χ0) is 35.3. The molecule has 0 unspecified atom stereocenters. The molecule has 1 fully saturated rings. The third kappa shape index (κ3) is 9.96. The quantitative estimate of drug-likeness (QED) is 0.125. The zero-order valence-electron chi connectivity index (χ0n) is 27.7. The second-order valence-corrected chi connectivity index (χ2v) is 12.6. The van der Waals surface area contributed by atoms with Gasteiger partial charge in [0.05, 0.1) is 42.9 Å². The number of methoxy groups -OCH3 is 1. The Hall–Kier alpha value is -4.58. The summed E-state index contributed by atoms with van der Waals surface area (Å²) in [5, 5.41) is 18.0.